The molecule has 0 saturated carbocycles. The highest BCUT2D eigenvalue weighted by Gasteiger charge is 2.21. The fourth-order valence-corrected chi connectivity index (χ4v) is 2.60. The van der Waals surface area contributed by atoms with Gasteiger partial charge in [0.1, 0.15) is 23.7 Å². The Hall–Kier alpha value is -3.23. The van der Waals surface area contributed by atoms with E-state index in [1.807, 2.05) is 0 Å². The number of carbonyl (C=O) groups excluding carboxylic acids is 2. The Kier molecular flexibility index (Phi) is 4.22. The first-order valence-corrected chi connectivity index (χ1v) is 7.53. The smallest absolute Gasteiger partial charge is 0.274 e. The van der Waals surface area contributed by atoms with Gasteiger partial charge in [-0.3, -0.25) is 9.59 Å². The first-order chi connectivity index (χ1) is 11.8. The van der Waals surface area contributed by atoms with Gasteiger partial charge in [0.25, 0.3) is 5.91 Å². The summed E-state index contributed by atoms with van der Waals surface area (Å²) in [6, 6.07) is 3.78. The summed E-state index contributed by atoms with van der Waals surface area (Å²) in [6.45, 7) is 3.38. The van der Waals surface area contributed by atoms with Crippen molar-refractivity contribution in [3.8, 4) is 0 Å². The highest BCUT2D eigenvalue weighted by molar-refractivity contribution is 5.92. The highest BCUT2D eigenvalue weighted by Crippen LogP contribution is 2.29. The molecule has 130 valence electrons. The highest BCUT2D eigenvalue weighted by atomic mass is 19.1. The molecule has 0 aliphatic carbocycles. The lowest BCUT2D eigenvalue weighted by Gasteiger charge is -2.11. The van der Waals surface area contributed by atoms with E-state index in [0.717, 1.165) is 5.56 Å². The van der Waals surface area contributed by atoms with Crippen LogP contribution in [0.3, 0.4) is 0 Å². The number of nitrogens with one attached hydrogen (secondary N) is 1. The molecule has 2 amide bonds. The van der Waals surface area contributed by atoms with Gasteiger partial charge in [0.2, 0.25) is 5.91 Å². The minimum absolute atomic E-state index is 0.0490. The van der Waals surface area contributed by atoms with Crippen LogP contribution >= 0.6 is 0 Å². The van der Waals surface area contributed by atoms with Gasteiger partial charge in [0.15, 0.2) is 5.69 Å². The van der Waals surface area contributed by atoms with Crippen LogP contribution in [0.2, 0.25) is 0 Å². The lowest BCUT2D eigenvalue weighted by molar-refractivity contribution is -0.118. The Morgan fingerprint density at radius 3 is 2.92 bits per heavy atom. The number of carbonyl (C=O) groups is 2. The zero-order valence-electron chi connectivity index (χ0n) is 13.6. The molecule has 0 spiro atoms. The van der Waals surface area contributed by atoms with Crippen LogP contribution in [0.15, 0.2) is 28.8 Å². The Labute approximate surface area is 141 Å². The molecule has 0 radical (unpaired) electrons. The first kappa shape index (κ1) is 16.6. The van der Waals surface area contributed by atoms with Crippen LogP contribution < -0.4 is 11.1 Å². The molecule has 1 unspecified atom stereocenters. The third-order valence-corrected chi connectivity index (χ3v) is 3.77. The quantitative estimate of drug-likeness (QED) is 0.726. The fourth-order valence-electron chi connectivity index (χ4n) is 2.60. The van der Waals surface area contributed by atoms with Gasteiger partial charge in [-0.1, -0.05) is 5.21 Å². The number of hydrogen-bond donors (Lipinski definition) is 2. The summed E-state index contributed by atoms with van der Waals surface area (Å²) < 4.78 is 20.3. The molecule has 0 aliphatic rings. The zero-order chi connectivity index (χ0) is 18.1. The number of hydrogen-bond acceptors (Lipinski definition) is 5. The summed E-state index contributed by atoms with van der Waals surface area (Å²) in [4.78, 5) is 23.1. The minimum atomic E-state index is -0.588. The Bertz CT molecular complexity index is 962. The lowest BCUT2D eigenvalue weighted by Crippen LogP contribution is -2.27. The number of nitrogens with zero attached hydrogens (tertiary/aromatic N) is 3. The molecule has 1 atom stereocenters. The van der Waals surface area contributed by atoms with Gasteiger partial charge in [-0.15, -0.1) is 5.10 Å². The molecule has 0 bridgehead atoms. The van der Waals surface area contributed by atoms with E-state index in [1.54, 1.807) is 19.9 Å². The number of halogens is 1. The monoisotopic (exact) mass is 345 g/mol. The molecular formula is C16H16FN5O3. The molecule has 25 heavy (non-hydrogen) atoms. The molecule has 0 saturated heterocycles. The van der Waals surface area contributed by atoms with Crippen molar-refractivity contribution in [2.24, 2.45) is 5.73 Å². The number of amides is 2. The Balaban J connectivity index is 1.78. The molecule has 9 heteroatoms. The minimum Gasteiger partial charge on any atom is -0.459 e. The van der Waals surface area contributed by atoms with E-state index in [-0.39, 0.29) is 18.1 Å². The van der Waals surface area contributed by atoms with Crippen molar-refractivity contribution in [3.05, 3.63) is 47.2 Å². The average molecular weight is 345 g/mol. The third kappa shape index (κ3) is 3.35. The van der Waals surface area contributed by atoms with Crippen molar-refractivity contribution in [2.75, 3.05) is 0 Å². The van der Waals surface area contributed by atoms with E-state index in [9.17, 15) is 14.0 Å². The normalized spacial score (nSPS) is 12.3. The SMILES string of the molecule is Cc1c(C(C)NC(=O)c2cn(CC(N)=O)nn2)oc2ccc(F)cc12. The number of furan rings is 1. The summed E-state index contributed by atoms with van der Waals surface area (Å²) in [5.41, 5.74) is 6.41. The summed E-state index contributed by atoms with van der Waals surface area (Å²) in [7, 11) is 0. The van der Waals surface area contributed by atoms with Crippen LogP contribution in [0.25, 0.3) is 11.0 Å². The van der Waals surface area contributed by atoms with Crippen molar-refractivity contribution in [1.82, 2.24) is 20.3 Å². The third-order valence-electron chi connectivity index (χ3n) is 3.77. The fraction of sp³-hybridized carbons (Fsp3) is 0.250. The number of aromatic nitrogens is 3. The molecule has 3 rings (SSSR count). The van der Waals surface area contributed by atoms with E-state index < -0.39 is 17.9 Å². The van der Waals surface area contributed by atoms with Crippen molar-refractivity contribution >= 4 is 22.8 Å². The van der Waals surface area contributed by atoms with Crippen molar-refractivity contribution < 1.29 is 18.4 Å². The van der Waals surface area contributed by atoms with E-state index in [0.29, 0.717) is 16.7 Å². The summed E-state index contributed by atoms with van der Waals surface area (Å²) >= 11 is 0. The van der Waals surface area contributed by atoms with Crippen LogP contribution in [0.4, 0.5) is 4.39 Å². The molecule has 3 aromatic rings. The van der Waals surface area contributed by atoms with E-state index in [1.165, 1.54) is 23.0 Å². The van der Waals surface area contributed by atoms with Crippen LogP contribution in [0.5, 0.6) is 0 Å². The van der Waals surface area contributed by atoms with Crippen LogP contribution in [0.1, 0.15) is 34.8 Å². The molecular weight excluding hydrogens is 329 g/mol. The second-order valence-corrected chi connectivity index (χ2v) is 5.69. The van der Waals surface area contributed by atoms with E-state index in [4.69, 9.17) is 10.2 Å². The van der Waals surface area contributed by atoms with E-state index in [2.05, 4.69) is 15.6 Å². The number of aryl methyl sites for hydroxylation is 1. The Morgan fingerprint density at radius 2 is 2.20 bits per heavy atom. The van der Waals surface area contributed by atoms with Gasteiger partial charge >= 0.3 is 0 Å². The van der Waals surface area contributed by atoms with Gasteiger partial charge in [-0.25, -0.2) is 9.07 Å². The molecule has 2 heterocycles. The molecule has 0 fully saturated rings. The predicted molar refractivity (Wildman–Crippen MR) is 86.0 cm³/mol. The summed E-state index contributed by atoms with van der Waals surface area (Å²) in [5.74, 6) is -0.895. The maximum Gasteiger partial charge on any atom is 0.274 e. The maximum absolute atomic E-state index is 13.4. The first-order valence-electron chi connectivity index (χ1n) is 7.53. The van der Waals surface area contributed by atoms with Crippen molar-refractivity contribution in [3.63, 3.8) is 0 Å². The number of fused-ring (bicyclic) bond motifs is 1. The largest absolute Gasteiger partial charge is 0.459 e. The van der Waals surface area contributed by atoms with Gasteiger partial charge < -0.3 is 15.5 Å². The molecule has 8 nitrogen and oxygen atoms in total. The van der Waals surface area contributed by atoms with Crippen LogP contribution in [-0.2, 0) is 11.3 Å². The summed E-state index contributed by atoms with van der Waals surface area (Å²) in [5, 5.41) is 10.8. The molecule has 3 N–H and O–H groups in total. The topological polar surface area (TPSA) is 116 Å². The molecule has 1 aromatic carbocycles. The number of primary amides is 1. The van der Waals surface area contributed by atoms with Gasteiger partial charge in [-0.2, -0.15) is 0 Å². The van der Waals surface area contributed by atoms with Gasteiger partial charge in [0, 0.05) is 10.9 Å². The number of benzene rings is 1. The van der Waals surface area contributed by atoms with E-state index >= 15 is 0 Å². The standard InChI is InChI=1S/C16H16FN5O3/c1-8-11-5-10(17)3-4-13(11)25-15(8)9(2)19-16(24)12-6-22(21-20-12)7-14(18)23/h3-6,9H,7H2,1-2H3,(H2,18,23)(H,19,24). The average Bonchev–Trinajstić information content (AvgIpc) is 3.12. The van der Waals surface area contributed by atoms with Crippen molar-refractivity contribution in [1.29, 1.82) is 0 Å². The zero-order valence-corrected chi connectivity index (χ0v) is 13.6. The van der Waals surface area contributed by atoms with Crippen LogP contribution in [-0.4, -0.2) is 26.8 Å². The maximum atomic E-state index is 13.4. The molecule has 0 aliphatic heterocycles. The second kappa shape index (κ2) is 6.34. The van der Waals surface area contributed by atoms with Crippen molar-refractivity contribution in [2.45, 2.75) is 26.4 Å². The van der Waals surface area contributed by atoms with Crippen LogP contribution in [0, 0.1) is 12.7 Å². The summed E-state index contributed by atoms with van der Waals surface area (Å²) in [6.07, 6.45) is 1.33. The predicted octanol–water partition coefficient (Wildman–Crippen LogP) is 1.45. The Morgan fingerprint density at radius 1 is 1.44 bits per heavy atom. The number of nitrogens with two attached hydrogens (primary N) is 1. The number of rotatable bonds is 5. The van der Waals surface area contributed by atoms with Gasteiger partial charge in [0.05, 0.1) is 12.2 Å². The second-order valence-electron chi connectivity index (χ2n) is 5.69. The van der Waals surface area contributed by atoms with Gasteiger partial charge in [-0.05, 0) is 32.0 Å². The molecule has 2 aromatic heterocycles. The lowest BCUT2D eigenvalue weighted by atomic mass is 10.1.